The molecule has 0 spiro atoms. The van der Waals surface area contributed by atoms with Crippen molar-refractivity contribution in [1.29, 1.82) is 0 Å². The van der Waals surface area contributed by atoms with Crippen molar-refractivity contribution in [2.24, 2.45) is 0 Å². The van der Waals surface area contributed by atoms with Crippen LogP contribution in [0.15, 0.2) is 48.5 Å². The van der Waals surface area contributed by atoms with E-state index in [4.69, 9.17) is 4.98 Å². The van der Waals surface area contributed by atoms with Gasteiger partial charge in [0.05, 0.1) is 11.0 Å². The van der Waals surface area contributed by atoms with E-state index in [9.17, 15) is 0 Å². The molecule has 138 valence electrons. The molecule has 0 fully saturated rings. The molecule has 3 rings (SSSR count). The van der Waals surface area contributed by atoms with E-state index < -0.39 is 0 Å². The summed E-state index contributed by atoms with van der Waals surface area (Å²) in [6.07, 6.45) is 10.8. The molecule has 0 saturated carbocycles. The minimum absolute atomic E-state index is 1.05. The summed E-state index contributed by atoms with van der Waals surface area (Å²) in [5.74, 6) is 1.11. The van der Waals surface area contributed by atoms with Crippen molar-refractivity contribution in [3.8, 4) is 11.4 Å². The Morgan fingerprint density at radius 2 is 1.54 bits per heavy atom. The van der Waals surface area contributed by atoms with Gasteiger partial charge < -0.3 is 4.57 Å². The second-order valence-corrected chi connectivity index (χ2v) is 7.42. The molecule has 0 amide bonds. The lowest BCUT2D eigenvalue weighted by atomic mass is 10.1. The Labute approximate surface area is 158 Å². The van der Waals surface area contributed by atoms with Crippen LogP contribution < -0.4 is 0 Å². The number of rotatable bonds is 10. The SMILES string of the molecule is CCCCCCCCCCn1c(-c2cccc(C)c2)nc2ccccc21. The van der Waals surface area contributed by atoms with Crippen LogP contribution in [0, 0.1) is 6.92 Å². The second kappa shape index (κ2) is 9.56. The molecular weight excluding hydrogens is 316 g/mol. The average Bonchev–Trinajstić information content (AvgIpc) is 3.03. The molecule has 0 N–H and O–H groups in total. The highest BCUT2D eigenvalue weighted by Gasteiger charge is 2.12. The molecule has 0 aliphatic heterocycles. The summed E-state index contributed by atoms with van der Waals surface area (Å²) in [5.41, 5.74) is 4.87. The van der Waals surface area contributed by atoms with Crippen molar-refractivity contribution < 1.29 is 0 Å². The fourth-order valence-electron chi connectivity index (χ4n) is 3.71. The molecule has 2 heteroatoms. The van der Waals surface area contributed by atoms with Gasteiger partial charge in [-0.05, 0) is 31.5 Å². The van der Waals surface area contributed by atoms with Crippen LogP contribution in [0.5, 0.6) is 0 Å². The van der Waals surface area contributed by atoms with Gasteiger partial charge >= 0.3 is 0 Å². The molecule has 0 aliphatic rings. The Morgan fingerprint density at radius 1 is 0.808 bits per heavy atom. The highest BCUT2D eigenvalue weighted by molar-refractivity contribution is 5.80. The van der Waals surface area contributed by atoms with Crippen LogP contribution in [0.4, 0.5) is 0 Å². The third kappa shape index (κ3) is 4.75. The molecular formula is C24H32N2. The number of benzene rings is 2. The van der Waals surface area contributed by atoms with Gasteiger partial charge in [-0.2, -0.15) is 0 Å². The fraction of sp³-hybridized carbons (Fsp3) is 0.458. The lowest BCUT2D eigenvalue weighted by Gasteiger charge is -2.10. The molecule has 2 aromatic carbocycles. The van der Waals surface area contributed by atoms with Crippen molar-refractivity contribution in [1.82, 2.24) is 9.55 Å². The maximum absolute atomic E-state index is 4.94. The first-order chi connectivity index (χ1) is 12.8. The fourth-order valence-corrected chi connectivity index (χ4v) is 3.71. The summed E-state index contributed by atoms with van der Waals surface area (Å²) >= 11 is 0. The standard InChI is InChI=1S/C24H32N2/c1-3-4-5-6-7-8-9-12-18-26-23-17-11-10-16-22(23)25-24(26)21-15-13-14-20(2)19-21/h10-11,13-17,19H,3-9,12,18H2,1-2H3. The third-order valence-corrected chi connectivity index (χ3v) is 5.17. The Hall–Kier alpha value is -2.09. The lowest BCUT2D eigenvalue weighted by Crippen LogP contribution is -2.01. The number of hydrogen-bond donors (Lipinski definition) is 0. The molecule has 3 aromatic rings. The van der Waals surface area contributed by atoms with E-state index in [1.54, 1.807) is 0 Å². The van der Waals surface area contributed by atoms with Gasteiger partial charge in [0.25, 0.3) is 0 Å². The second-order valence-electron chi connectivity index (χ2n) is 7.42. The number of aromatic nitrogens is 2. The number of hydrogen-bond acceptors (Lipinski definition) is 1. The number of nitrogens with zero attached hydrogens (tertiary/aromatic N) is 2. The Morgan fingerprint density at radius 3 is 2.31 bits per heavy atom. The van der Waals surface area contributed by atoms with Gasteiger partial charge in [0, 0.05) is 12.1 Å². The predicted molar refractivity (Wildman–Crippen MR) is 113 cm³/mol. The van der Waals surface area contributed by atoms with Crippen molar-refractivity contribution >= 4 is 11.0 Å². The van der Waals surface area contributed by atoms with Gasteiger partial charge in [-0.25, -0.2) is 4.98 Å². The van der Waals surface area contributed by atoms with Crippen LogP contribution >= 0.6 is 0 Å². The van der Waals surface area contributed by atoms with Crippen LogP contribution in [-0.4, -0.2) is 9.55 Å². The maximum atomic E-state index is 4.94. The zero-order valence-corrected chi connectivity index (χ0v) is 16.4. The van der Waals surface area contributed by atoms with Crippen LogP contribution in [0.25, 0.3) is 22.4 Å². The third-order valence-electron chi connectivity index (χ3n) is 5.17. The molecule has 1 heterocycles. The number of para-hydroxylation sites is 2. The first-order valence-corrected chi connectivity index (χ1v) is 10.3. The first kappa shape index (κ1) is 18.7. The molecule has 0 saturated heterocycles. The highest BCUT2D eigenvalue weighted by Crippen LogP contribution is 2.26. The summed E-state index contributed by atoms with van der Waals surface area (Å²) in [4.78, 5) is 4.94. The molecule has 26 heavy (non-hydrogen) atoms. The average molecular weight is 349 g/mol. The van der Waals surface area contributed by atoms with E-state index in [1.807, 2.05) is 0 Å². The zero-order valence-electron chi connectivity index (χ0n) is 16.4. The quantitative estimate of drug-likeness (QED) is 0.356. The van der Waals surface area contributed by atoms with Gasteiger partial charge in [0.15, 0.2) is 0 Å². The molecule has 0 radical (unpaired) electrons. The van der Waals surface area contributed by atoms with Crippen LogP contribution in [0.3, 0.4) is 0 Å². The minimum Gasteiger partial charge on any atom is -0.324 e. The van der Waals surface area contributed by atoms with Crippen molar-refractivity contribution in [2.45, 2.75) is 71.8 Å². The number of imidazole rings is 1. The minimum atomic E-state index is 1.05. The van der Waals surface area contributed by atoms with Crippen molar-refractivity contribution in [3.05, 3.63) is 54.1 Å². The van der Waals surface area contributed by atoms with Gasteiger partial charge in [-0.15, -0.1) is 0 Å². The summed E-state index contributed by atoms with van der Waals surface area (Å²) in [5, 5.41) is 0. The summed E-state index contributed by atoms with van der Waals surface area (Å²) in [7, 11) is 0. The number of aryl methyl sites for hydroxylation is 2. The van der Waals surface area contributed by atoms with E-state index in [0.717, 1.165) is 17.9 Å². The van der Waals surface area contributed by atoms with Gasteiger partial charge in [-0.3, -0.25) is 0 Å². The van der Waals surface area contributed by atoms with Gasteiger partial charge in [-0.1, -0.05) is 87.8 Å². The van der Waals surface area contributed by atoms with Gasteiger partial charge in [0.2, 0.25) is 0 Å². The van der Waals surface area contributed by atoms with Crippen molar-refractivity contribution in [3.63, 3.8) is 0 Å². The first-order valence-electron chi connectivity index (χ1n) is 10.3. The van der Waals surface area contributed by atoms with Crippen molar-refractivity contribution in [2.75, 3.05) is 0 Å². The molecule has 0 atom stereocenters. The Bertz CT molecular complexity index is 816. The Balaban J connectivity index is 1.68. The van der Waals surface area contributed by atoms with Gasteiger partial charge in [0.1, 0.15) is 5.82 Å². The normalized spacial score (nSPS) is 11.3. The molecule has 0 aliphatic carbocycles. The van der Waals surface area contributed by atoms with E-state index in [2.05, 4.69) is 66.9 Å². The summed E-state index contributed by atoms with van der Waals surface area (Å²) in [6, 6.07) is 17.2. The van der Waals surface area contributed by atoms with Crippen LogP contribution in [0.2, 0.25) is 0 Å². The molecule has 2 nitrogen and oxygen atoms in total. The summed E-state index contributed by atoms with van der Waals surface area (Å²) in [6.45, 7) is 5.48. The molecule has 0 unspecified atom stereocenters. The molecule has 0 bridgehead atoms. The largest absolute Gasteiger partial charge is 0.324 e. The van der Waals surface area contributed by atoms with E-state index >= 15 is 0 Å². The van der Waals surface area contributed by atoms with Crippen LogP contribution in [-0.2, 0) is 6.54 Å². The van der Waals surface area contributed by atoms with E-state index in [1.165, 1.54) is 68.0 Å². The van der Waals surface area contributed by atoms with Crippen LogP contribution in [0.1, 0.15) is 63.9 Å². The lowest BCUT2D eigenvalue weighted by molar-refractivity contribution is 0.549. The molecule has 1 aromatic heterocycles. The maximum Gasteiger partial charge on any atom is 0.141 e. The smallest absolute Gasteiger partial charge is 0.141 e. The summed E-state index contributed by atoms with van der Waals surface area (Å²) < 4.78 is 2.42. The van der Waals surface area contributed by atoms with E-state index in [0.29, 0.717) is 0 Å². The predicted octanol–water partition coefficient (Wildman–Crippen LogP) is 7.15. The number of fused-ring (bicyclic) bond motifs is 1. The zero-order chi connectivity index (χ0) is 18.2. The Kier molecular flexibility index (Phi) is 6.88. The topological polar surface area (TPSA) is 17.8 Å². The highest BCUT2D eigenvalue weighted by atomic mass is 15.1. The monoisotopic (exact) mass is 348 g/mol. The number of unbranched alkanes of at least 4 members (excludes halogenated alkanes) is 7. The van der Waals surface area contributed by atoms with E-state index in [-0.39, 0.29) is 0 Å².